The van der Waals surface area contributed by atoms with Gasteiger partial charge in [-0.2, -0.15) is 0 Å². The van der Waals surface area contributed by atoms with Crippen LogP contribution in [0.25, 0.3) is 80.9 Å². The molecule has 2 aliphatic rings. The van der Waals surface area contributed by atoms with Crippen LogP contribution < -0.4 is 0 Å². The predicted molar refractivity (Wildman–Crippen MR) is 185 cm³/mol. The van der Waals surface area contributed by atoms with Crippen LogP contribution in [0.1, 0.15) is 22.3 Å². The number of aryl methyl sites for hydroxylation is 4. The van der Waals surface area contributed by atoms with Gasteiger partial charge in [0.05, 0.1) is 22.2 Å². The molecule has 2 aliphatic carbocycles. The summed E-state index contributed by atoms with van der Waals surface area (Å²) < 4.78 is 5.16. The highest BCUT2D eigenvalue weighted by molar-refractivity contribution is 7.27. The number of rotatable bonds is 2. The minimum Gasteiger partial charge on any atom is -0.277 e. The Hall–Kier alpha value is -5.06. The Bertz CT molecular complexity index is 2710. The third kappa shape index (κ3) is 2.96. The van der Waals surface area contributed by atoms with Crippen molar-refractivity contribution in [2.45, 2.75) is 25.7 Å². The Morgan fingerprint density at radius 1 is 0.545 bits per heavy atom. The van der Waals surface area contributed by atoms with E-state index in [9.17, 15) is 0 Å². The lowest BCUT2D eigenvalue weighted by molar-refractivity contribution is 0.842. The maximum atomic E-state index is 5.40. The first-order chi connectivity index (χ1) is 21.8. The molecule has 0 atom stereocenters. The van der Waals surface area contributed by atoms with Crippen molar-refractivity contribution in [1.29, 1.82) is 0 Å². The van der Waals surface area contributed by atoms with E-state index in [1.807, 2.05) is 11.3 Å². The van der Waals surface area contributed by atoms with E-state index in [1.54, 1.807) is 0 Å². The average Bonchev–Trinajstić information content (AvgIpc) is 3.58. The van der Waals surface area contributed by atoms with Gasteiger partial charge in [0, 0.05) is 47.3 Å². The highest BCUT2D eigenvalue weighted by Crippen LogP contribution is 2.49. The zero-order chi connectivity index (χ0) is 28.5. The van der Waals surface area contributed by atoms with E-state index in [1.165, 1.54) is 87.8 Å². The molecule has 4 heteroatoms. The fraction of sp³-hybridized carbons (Fsp3) is 0.100. The monoisotopic (exact) mass is 579 g/mol. The summed E-state index contributed by atoms with van der Waals surface area (Å²) in [5.74, 6) is 0.731. The van der Waals surface area contributed by atoms with E-state index in [0.717, 1.165) is 41.0 Å². The molecule has 3 nitrogen and oxygen atoms in total. The number of thiophene rings is 1. The summed E-state index contributed by atoms with van der Waals surface area (Å²) in [4.78, 5) is 10.7. The van der Waals surface area contributed by atoms with Gasteiger partial charge in [-0.25, -0.2) is 9.97 Å². The molecule has 3 aromatic heterocycles. The van der Waals surface area contributed by atoms with Gasteiger partial charge >= 0.3 is 0 Å². The van der Waals surface area contributed by atoms with E-state index >= 15 is 0 Å². The van der Waals surface area contributed by atoms with Crippen molar-refractivity contribution in [3.05, 3.63) is 125 Å². The highest BCUT2D eigenvalue weighted by Gasteiger charge is 2.27. The molecule has 9 aromatic rings. The van der Waals surface area contributed by atoms with E-state index in [4.69, 9.17) is 9.97 Å². The van der Waals surface area contributed by atoms with Crippen molar-refractivity contribution < 1.29 is 0 Å². The molecule has 11 rings (SSSR count). The number of para-hydroxylation sites is 1. The van der Waals surface area contributed by atoms with Gasteiger partial charge in [-0.3, -0.25) is 4.57 Å². The van der Waals surface area contributed by atoms with Crippen LogP contribution in [0.4, 0.5) is 0 Å². The summed E-state index contributed by atoms with van der Waals surface area (Å²) in [7, 11) is 0. The normalized spacial score (nSPS) is 14.0. The van der Waals surface area contributed by atoms with Gasteiger partial charge in [-0.05, 0) is 83.7 Å². The van der Waals surface area contributed by atoms with Gasteiger partial charge in [-0.1, -0.05) is 72.8 Å². The second kappa shape index (κ2) is 8.31. The molecule has 0 aliphatic heterocycles. The Morgan fingerprint density at radius 3 is 2.00 bits per heavy atom. The summed E-state index contributed by atoms with van der Waals surface area (Å²) in [5.41, 5.74) is 11.4. The number of hydrogen-bond donors (Lipinski definition) is 0. The molecular formula is C40H25N3S. The van der Waals surface area contributed by atoms with Crippen molar-refractivity contribution in [2.75, 3.05) is 0 Å². The van der Waals surface area contributed by atoms with Crippen molar-refractivity contribution >= 4 is 75.0 Å². The van der Waals surface area contributed by atoms with Gasteiger partial charge in [0.1, 0.15) is 0 Å². The van der Waals surface area contributed by atoms with E-state index in [0.29, 0.717) is 0 Å². The first-order valence-electron chi connectivity index (χ1n) is 15.5. The van der Waals surface area contributed by atoms with E-state index < -0.39 is 0 Å². The number of benzene rings is 6. The molecule has 0 saturated carbocycles. The fourth-order valence-corrected chi connectivity index (χ4v) is 9.11. The van der Waals surface area contributed by atoms with Gasteiger partial charge in [0.25, 0.3) is 0 Å². The van der Waals surface area contributed by atoms with Gasteiger partial charge in [0.2, 0.25) is 5.95 Å². The summed E-state index contributed by atoms with van der Waals surface area (Å²) in [6, 6.07) is 37.8. The summed E-state index contributed by atoms with van der Waals surface area (Å²) in [6.07, 6.45) is 4.67. The first kappa shape index (κ1) is 23.4. The van der Waals surface area contributed by atoms with Crippen LogP contribution in [0.3, 0.4) is 0 Å². The first-order valence-corrected chi connectivity index (χ1v) is 16.3. The van der Waals surface area contributed by atoms with Gasteiger partial charge < -0.3 is 0 Å². The number of fused-ring (bicyclic) bond motifs is 13. The lowest BCUT2D eigenvalue weighted by Crippen LogP contribution is -2.09. The molecule has 6 aromatic carbocycles. The zero-order valence-corrected chi connectivity index (χ0v) is 24.7. The zero-order valence-electron chi connectivity index (χ0n) is 23.9. The van der Waals surface area contributed by atoms with Crippen LogP contribution in [-0.4, -0.2) is 14.5 Å². The Kier molecular flexibility index (Phi) is 4.42. The van der Waals surface area contributed by atoms with Crippen molar-refractivity contribution in [2.24, 2.45) is 0 Å². The van der Waals surface area contributed by atoms with Crippen molar-refractivity contribution in [1.82, 2.24) is 14.5 Å². The van der Waals surface area contributed by atoms with Crippen LogP contribution in [0.2, 0.25) is 0 Å². The van der Waals surface area contributed by atoms with Crippen LogP contribution in [0.15, 0.2) is 103 Å². The summed E-state index contributed by atoms with van der Waals surface area (Å²) in [6.45, 7) is 0. The third-order valence-electron chi connectivity index (χ3n) is 10.1. The Morgan fingerprint density at radius 2 is 1.20 bits per heavy atom. The molecule has 44 heavy (non-hydrogen) atoms. The largest absolute Gasteiger partial charge is 0.277 e. The number of hydrogen-bond acceptors (Lipinski definition) is 3. The maximum absolute atomic E-state index is 5.40. The summed E-state index contributed by atoms with van der Waals surface area (Å²) >= 11 is 1.96. The topological polar surface area (TPSA) is 30.7 Å². The van der Waals surface area contributed by atoms with Gasteiger partial charge in [-0.15, -0.1) is 11.3 Å². The molecule has 0 fully saturated rings. The second-order valence-electron chi connectivity index (χ2n) is 12.4. The molecule has 0 unspecified atom stereocenters. The third-order valence-corrected chi connectivity index (χ3v) is 11.3. The Balaban J connectivity index is 1.37. The molecule has 0 amide bonds. The van der Waals surface area contributed by atoms with Crippen molar-refractivity contribution in [3.63, 3.8) is 0 Å². The summed E-state index contributed by atoms with van der Waals surface area (Å²) in [5, 5.41) is 9.09. The fourth-order valence-electron chi connectivity index (χ4n) is 7.79. The lowest BCUT2D eigenvalue weighted by atomic mass is 9.86. The molecule has 3 heterocycles. The predicted octanol–water partition coefficient (Wildman–Crippen LogP) is 10.1. The van der Waals surface area contributed by atoms with Crippen molar-refractivity contribution in [3.8, 4) is 17.2 Å². The van der Waals surface area contributed by atoms with Crippen LogP contribution in [0, 0.1) is 0 Å². The minimum absolute atomic E-state index is 0.731. The highest BCUT2D eigenvalue weighted by atomic mass is 32.1. The smallest absolute Gasteiger partial charge is 0.235 e. The van der Waals surface area contributed by atoms with Crippen LogP contribution in [-0.2, 0) is 25.7 Å². The van der Waals surface area contributed by atoms with Gasteiger partial charge in [0.15, 0.2) is 0 Å². The maximum Gasteiger partial charge on any atom is 0.235 e. The molecule has 206 valence electrons. The number of aromatic nitrogens is 3. The average molecular weight is 580 g/mol. The quantitative estimate of drug-likeness (QED) is 0.204. The van der Waals surface area contributed by atoms with E-state index in [-0.39, 0.29) is 0 Å². The molecular weight excluding hydrogens is 555 g/mol. The molecule has 0 spiro atoms. The van der Waals surface area contributed by atoms with E-state index in [2.05, 4.69) is 108 Å². The minimum atomic E-state index is 0.731. The SMILES string of the molecule is c1ccc(-c2nc(-n3c4cc5c(cc4c4c6sc7cc8c(cc7c6c6ccccc6c43)CC8)CC5)nc3ccccc23)cc1. The molecule has 0 N–H and O–H groups in total. The standard InChI is InChI=1S/C40H25N3S/c1-2-8-22(9-3-1)37-29-12-6-7-13-32(29)41-40(42-37)43-33-20-25-16-14-23(25)18-30(33)36-38(43)28-11-5-4-10-27(28)35-31-19-24-15-17-26(24)21-34(31)44-39(35)36/h1-13,18-21H,14-17H2. The molecule has 0 radical (unpaired) electrons. The lowest BCUT2D eigenvalue weighted by Gasteiger charge is -2.19. The molecule has 0 bridgehead atoms. The number of nitrogens with zero attached hydrogens (tertiary/aromatic N) is 3. The van der Waals surface area contributed by atoms with Crippen LogP contribution in [0.5, 0.6) is 0 Å². The Labute approximate surface area is 257 Å². The molecule has 0 saturated heterocycles. The second-order valence-corrected chi connectivity index (χ2v) is 13.5. The van der Waals surface area contributed by atoms with Crippen LogP contribution >= 0.6 is 11.3 Å².